The third-order valence-electron chi connectivity index (χ3n) is 3.31. The first-order valence-electron chi connectivity index (χ1n) is 6.29. The molecule has 0 aliphatic carbocycles. The van der Waals surface area contributed by atoms with Crippen LogP contribution in [0.4, 0.5) is 0 Å². The van der Waals surface area contributed by atoms with E-state index in [4.69, 9.17) is 16.3 Å². The Morgan fingerprint density at radius 3 is 2.40 bits per heavy atom. The molecule has 1 atom stereocenters. The lowest BCUT2D eigenvalue weighted by Gasteiger charge is -2.37. The summed E-state index contributed by atoms with van der Waals surface area (Å²) in [6.07, 6.45) is 1.37. The van der Waals surface area contributed by atoms with Gasteiger partial charge in [0.15, 0.2) is 11.4 Å². The zero-order valence-corrected chi connectivity index (χ0v) is 12.5. The van der Waals surface area contributed by atoms with Crippen molar-refractivity contribution in [1.82, 2.24) is 15.2 Å². The second-order valence-electron chi connectivity index (χ2n) is 5.69. The minimum atomic E-state index is -1.27. The maximum atomic E-state index is 10.9. The van der Waals surface area contributed by atoms with Crippen LogP contribution in [0.25, 0.3) is 0 Å². The van der Waals surface area contributed by atoms with Crippen molar-refractivity contribution in [1.29, 1.82) is 0 Å². The van der Waals surface area contributed by atoms with Gasteiger partial charge in [0, 0.05) is 10.4 Å². The van der Waals surface area contributed by atoms with E-state index >= 15 is 0 Å². The van der Waals surface area contributed by atoms with Gasteiger partial charge in [0.25, 0.3) is 0 Å². The molecule has 108 valence electrons. The molecule has 0 saturated carbocycles. The van der Waals surface area contributed by atoms with Crippen LogP contribution in [0.15, 0.2) is 30.6 Å². The number of hydrogen-bond donors (Lipinski definition) is 2. The van der Waals surface area contributed by atoms with E-state index in [1.54, 1.807) is 24.3 Å². The van der Waals surface area contributed by atoms with E-state index < -0.39 is 11.0 Å². The summed E-state index contributed by atoms with van der Waals surface area (Å²) >= 11 is 5.83. The predicted molar refractivity (Wildman–Crippen MR) is 76.7 cm³/mol. The summed E-state index contributed by atoms with van der Waals surface area (Å²) in [5, 5.41) is 18.1. The highest BCUT2D eigenvalue weighted by molar-refractivity contribution is 6.30. The van der Waals surface area contributed by atoms with Crippen LogP contribution < -0.4 is 4.74 Å². The molecule has 0 saturated heterocycles. The second kappa shape index (κ2) is 5.42. The normalized spacial score (nSPS) is 14.8. The standard InChI is InChI=1S/C14H18ClN3O2/c1-13(2,3)14(19,12-16-9-17-18-12)8-20-11-6-4-10(15)5-7-11/h4-7,9,19H,8H2,1-3H3,(H,16,17,18). The fourth-order valence-electron chi connectivity index (χ4n) is 1.76. The SMILES string of the molecule is CC(C)(C)C(O)(COc1ccc(Cl)cc1)c1ncn[nH]1. The summed E-state index contributed by atoms with van der Waals surface area (Å²) in [4.78, 5) is 4.06. The number of H-pyrrole nitrogens is 1. The van der Waals surface area contributed by atoms with Crippen LogP contribution in [0, 0.1) is 5.41 Å². The molecule has 1 unspecified atom stereocenters. The quantitative estimate of drug-likeness (QED) is 0.910. The average molecular weight is 296 g/mol. The summed E-state index contributed by atoms with van der Waals surface area (Å²) in [6.45, 7) is 5.82. The van der Waals surface area contributed by atoms with Gasteiger partial charge < -0.3 is 9.84 Å². The van der Waals surface area contributed by atoms with Gasteiger partial charge in [0.05, 0.1) is 0 Å². The van der Waals surface area contributed by atoms with Crippen molar-refractivity contribution in [3.8, 4) is 5.75 Å². The molecule has 0 radical (unpaired) electrons. The van der Waals surface area contributed by atoms with Crippen LogP contribution >= 0.6 is 11.6 Å². The molecule has 0 aliphatic heterocycles. The molecule has 2 N–H and O–H groups in total. The summed E-state index contributed by atoms with van der Waals surface area (Å²) < 4.78 is 5.68. The minimum absolute atomic E-state index is 0.0628. The smallest absolute Gasteiger partial charge is 0.162 e. The molecule has 5 nitrogen and oxygen atoms in total. The number of aliphatic hydroxyl groups is 1. The van der Waals surface area contributed by atoms with Crippen molar-refractivity contribution in [3.05, 3.63) is 41.4 Å². The Bertz CT molecular complexity index is 549. The van der Waals surface area contributed by atoms with Gasteiger partial charge in [-0.2, -0.15) is 5.10 Å². The van der Waals surface area contributed by atoms with Gasteiger partial charge in [-0.05, 0) is 24.3 Å². The predicted octanol–water partition coefficient (Wildman–Crippen LogP) is 2.77. The third kappa shape index (κ3) is 2.94. The first kappa shape index (κ1) is 14.8. The Labute approximate surface area is 123 Å². The lowest BCUT2D eigenvalue weighted by Crippen LogP contribution is -2.46. The molecule has 6 heteroatoms. The van der Waals surface area contributed by atoms with E-state index in [9.17, 15) is 5.11 Å². The summed E-state index contributed by atoms with van der Waals surface area (Å²) in [6, 6.07) is 6.99. The number of halogens is 1. The highest BCUT2D eigenvalue weighted by Gasteiger charge is 2.45. The monoisotopic (exact) mass is 295 g/mol. The summed E-state index contributed by atoms with van der Waals surface area (Å²) in [5.41, 5.74) is -1.75. The molecule has 20 heavy (non-hydrogen) atoms. The molecule has 0 spiro atoms. The van der Waals surface area contributed by atoms with Crippen molar-refractivity contribution in [2.24, 2.45) is 5.41 Å². The molecule has 0 bridgehead atoms. The van der Waals surface area contributed by atoms with E-state index in [-0.39, 0.29) is 6.61 Å². The third-order valence-corrected chi connectivity index (χ3v) is 3.56. The summed E-state index contributed by atoms with van der Waals surface area (Å²) in [7, 11) is 0. The number of aromatic amines is 1. The Kier molecular flexibility index (Phi) is 4.01. The van der Waals surface area contributed by atoms with Gasteiger partial charge in [0.2, 0.25) is 0 Å². The molecule has 1 heterocycles. The Balaban J connectivity index is 2.20. The molecule has 0 aliphatic rings. The lowest BCUT2D eigenvalue weighted by atomic mass is 9.76. The van der Waals surface area contributed by atoms with E-state index in [0.29, 0.717) is 16.6 Å². The first-order valence-corrected chi connectivity index (χ1v) is 6.67. The molecular formula is C14H18ClN3O2. The fourth-order valence-corrected chi connectivity index (χ4v) is 1.89. The van der Waals surface area contributed by atoms with Crippen molar-refractivity contribution < 1.29 is 9.84 Å². The highest BCUT2D eigenvalue weighted by atomic mass is 35.5. The van der Waals surface area contributed by atoms with Gasteiger partial charge in [0.1, 0.15) is 18.7 Å². The van der Waals surface area contributed by atoms with Crippen molar-refractivity contribution >= 4 is 11.6 Å². The van der Waals surface area contributed by atoms with Gasteiger partial charge >= 0.3 is 0 Å². The fraction of sp³-hybridized carbons (Fsp3) is 0.429. The molecule has 2 aromatic rings. The first-order chi connectivity index (χ1) is 9.33. The molecule has 1 aromatic heterocycles. The van der Waals surface area contributed by atoms with E-state index in [1.807, 2.05) is 20.8 Å². The number of hydrogen-bond acceptors (Lipinski definition) is 4. The van der Waals surface area contributed by atoms with Crippen LogP contribution in [-0.4, -0.2) is 26.9 Å². The van der Waals surface area contributed by atoms with Crippen molar-refractivity contribution in [2.75, 3.05) is 6.61 Å². The second-order valence-corrected chi connectivity index (χ2v) is 6.12. The number of nitrogens with one attached hydrogen (secondary N) is 1. The molecule has 0 fully saturated rings. The van der Waals surface area contributed by atoms with Gasteiger partial charge in [-0.15, -0.1) is 0 Å². The minimum Gasteiger partial charge on any atom is -0.490 e. The zero-order chi connectivity index (χ0) is 14.8. The van der Waals surface area contributed by atoms with Crippen LogP contribution in [0.1, 0.15) is 26.6 Å². The molecular weight excluding hydrogens is 278 g/mol. The van der Waals surface area contributed by atoms with Crippen LogP contribution in [0.3, 0.4) is 0 Å². The molecule has 0 amide bonds. The average Bonchev–Trinajstić information content (AvgIpc) is 2.90. The van der Waals surface area contributed by atoms with Crippen LogP contribution in [-0.2, 0) is 5.60 Å². The van der Waals surface area contributed by atoms with Gasteiger partial charge in [-0.1, -0.05) is 32.4 Å². The lowest BCUT2D eigenvalue weighted by molar-refractivity contribution is -0.101. The Morgan fingerprint density at radius 2 is 1.90 bits per heavy atom. The van der Waals surface area contributed by atoms with E-state index in [1.165, 1.54) is 6.33 Å². The number of rotatable bonds is 4. The molecule has 1 aromatic carbocycles. The zero-order valence-electron chi connectivity index (χ0n) is 11.7. The topological polar surface area (TPSA) is 71.0 Å². The maximum Gasteiger partial charge on any atom is 0.162 e. The molecule has 2 rings (SSSR count). The Hall–Kier alpha value is -1.59. The van der Waals surface area contributed by atoms with Crippen molar-refractivity contribution in [2.45, 2.75) is 26.4 Å². The highest BCUT2D eigenvalue weighted by Crippen LogP contribution is 2.37. The van der Waals surface area contributed by atoms with E-state index in [2.05, 4.69) is 15.2 Å². The largest absolute Gasteiger partial charge is 0.490 e. The van der Waals surface area contributed by atoms with Gasteiger partial charge in [-0.25, -0.2) is 4.98 Å². The number of ether oxygens (including phenoxy) is 1. The summed E-state index contributed by atoms with van der Waals surface area (Å²) in [5.74, 6) is 1.02. The number of aromatic nitrogens is 3. The Morgan fingerprint density at radius 1 is 1.25 bits per heavy atom. The number of nitrogens with zero attached hydrogens (tertiary/aromatic N) is 2. The maximum absolute atomic E-state index is 10.9. The number of benzene rings is 1. The van der Waals surface area contributed by atoms with Gasteiger partial charge in [-0.3, -0.25) is 5.10 Å². The van der Waals surface area contributed by atoms with E-state index in [0.717, 1.165) is 0 Å². The van der Waals surface area contributed by atoms with Crippen molar-refractivity contribution in [3.63, 3.8) is 0 Å². The van der Waals surface area contributed by atoms with Crippen LogP contribution in [0.2, 0.25) is 5.02 Å². The van der Waals surface area contributed by atoms with Crippen LogP contribution in [0.5, 0.6) is 5.75 Å².